The van der Waals surface area contributed by atoms with Gasteiger partial charge in [0.2, 0.25) is 0 Å². The maximum absolute atomic E-state index is 3.24. The molecule has 0 saturated carbocycles. The van der Waals surface area contributed by atoms with Gasteiger partial charge >= 0.3 is 0 Å². The maximum Gasteiger partial charge on any atom is 0.0180 e. The molecule has 0 aliphatic carbocycles. The third kappa shape index (κ3) is 2.19. The lowest BCUT2D eigenvalue weighted by molar-refractivity contribution is 0.664. The highest BCUT2D eigenvalue weighted by Crippen LogP contribution is 2.08. The second-order valence-electron chi connectivity index (χ2n) is 3.66. The Hall–Kier alpha value is -1.08. The SMILES string of the molecule is Cc1cccc(CC=C2CNC2)c1. The van der Waals surface area contributed by atoms with Crippen molar-refractivity contribution in [3.05, 3.63) is 47.0 Å². The van der Waals surface area contributed by atoms with Crippen LogP contribution in [0.1, 0.15) is 11.1 Å². The molecule has 0 unspecified atom stereocenters. The van der Waals surface area contributed by atoms with E-state index in [4.69, 9.17) is 0 Å². The minimum Gasteiger partial charge on any atom is -0.309 e. The number of hydrogen-bond acceptors (Lipinski definition) is 1. The average Bonchev–Trinajstić information content (AvgIpc) is 2.01. The highest BCUT2D eigenvalue weighted by Gasteiger charge is 2.05. The third-order valence-electron chi connectivity index (χ3n) is 2.41. The molecule has 1 heteroatoms. The number of benzene rings is 1. The molecule has 1 saturated heterocycles. The zero-order valence-corrected chi connectivity index (χ0v) is 8.01. The Morgan fingerprint density at radius 2 is 2.23 bits per heavy atom. The van der Waals surface area contributed by atoms with Crippen molar-refractivity contribution < 1.29 is 0 Å². The predicted octanol–water partition coefficient (Wildman–Crippen LogP) is 2.07. The summed E-state index contributed by atoms with van der Waals surface area (Å²) in [4.78, 5) is 0. The maximum atomic E-state index is 3.24. The van der Waals surface area contributed by atoms with E-state index in [1.54, 1.807) is 5.57 Å². The molecule has 0 aromatic heterocycles. The highest BCUT2D eigenvalue weighted by molar-refractivity contribution is 5.26. The summed E-state index contributed by atoms with van der Waals surface area (Å²) in [6.07, 6.45) is 3.42. The second-order valence-corrected chi connectivity index (χ2v) is 3.66. The van der Waals surface area contributed by atoms with Gasteiger partial charge in [-0.1, -0.05) is 35.9 Å². The van der Waals surface area contributed by atoms with Gasteiger partial charge in [-0.2, -0.15) is 0 Å². The fourth-order valence-electron chi connectivity index (χ4n) is 1.51. The Balaban J connectivity index is 2.01. The molecule has 1 heterocycles. The Morgan fingerprint density at radius 1 is 1.38 bits per heavy atom. The molecule has 1 aromatic carbocycles. The summed E-state index contributed by atoms with van der Waals surface area (Å²) in [6.45, 7) is 4.32. The Bertz CT molecular complexity index is 320. The van der Waals surface area contributed by atoms with Crippen LogP contribution in [0.2, 0.25) is 0 Å². The van der Waals surface area contributed by atoms with E-state index in [9.17, 15) is 0 Å². The van der Waals surface area contributed by atoms with Gasteiger partial charge in [0, 0.05) is 13.1 Å². The van der Waals surface area contributed by atoms with Gasteiger partial charge in [-0.25, -0.2) is 0 Å². The van der Waals surface area contributed by atoms with Gasteiger partial charge in [0.25, 0.3) is 0 Å². The van der Waals surface area contributed by atoms with Crippen molar-refractivity contribution in [1.82, 2.24) is 5.32 Å². The number of nitrogens with one attached hydrogen (secondary N) is 1. The van der Waals surface area contributed by atoms with Gasteiger partial charge in [-0.05, 0) is 24.5 Å². The molecule has 68 valence electrons. The topological polar surface area (TPSA) is 12.0 Å². The lowest BCUT2D eigenvalue weighted by Gasteiger charge is -2.18. The molecule has 0 bridgehead atoms. The van der Waals surface area contributed by atoms with E-state index < -0.39 is 0 Å². The van der Waals surface area contributed by atoms with Crippen LogP contribution in [0.25, 0.3) is 0 Å². The minimum atomic E-state index is 1.08. The second kappa shape index (κ2) is 3.75. The molecular formula is C12H15N. The van der Waals surface area contributed by atoms with Crippen molar-refractivity contribution in [1.29, 1.82) is 0 Å². The van der Waals surface area contributed by atoms with Crippen molar-refractivity contribution >= 4 is 0 Å². The first kappa shape index (κ1) is 8.52. The largest absolute Gasteiger partial charge is 0.309 e. The molecule has 1 aliphatic heterocycles. The summed E-state index contributed by atoms with van der Waals surface area (Å²) in [5.41, 5.74) is 4.31. The molecular weight excluding hydrogens is 158 g/mol. The van der Waals surface area contributed by atoms with Crippen LogP contribution < -0.4 is 5.32 Å². The first-order chi connectivity index (χ1) is 6.34. The molecule has 1 nitrogen and oxygen atoms in total. The predicted molar refractivity (Wildman–Crippen MR) is 55.8 cm³/mol. The summed E-state index contributed by atoms with van der Waals surface area (Å²) in [5.74, 6) is 0. The molecule has 1 fully saturated rings. The number of aryl methyl sites for hydroxylation is 1. The lowest BCUT2D eigenvalue weighted by Crippen LogP contribution is -2.33. The van der Waals surface area contributed by atoms with Crippen LogP contribution >= 0.6 is 0 Å². The molecule has 1 aromatic rings. The fourth-order valence-corrected chi connectivity index (χ4v) is 1.51. The molecule has 1 N–H and O–H groups in total. The monoisotopic (exact) mass is 173 g/mol. The van der Waals surface area contributed by atoms with E-state index in [0.717, 1.165) is 19.5 Å². The molecule has 0 radical (unpaired) electrons. The smallest absolute Gasteiger partial charge is 0.0180 e. The summed E-state index contributed by atoms with van der Waals surface area (Å²) >= 11 is 0. The van der Waals surface area contributed by atoms with Gasteiger partial charge in [-0.3, -0.25) is 0 Å². The quantitative estimate of drug-likeness (QED) is 0.675. The standard InChI is InChI=1S/C12H15N/c1-10-3-2-4-11(7-10)5-6-12-8-13-9-12/h2-4,6-7,13H,5,8-9H2,1H3. The van der Waals surface area contributed by atoms with Crippen LogP contribution in [0, 0.1) is 6.92 Å². The van der Waals surface area contributed by atoms with Crippen LogP contribution in [0.15, 0.2) is 35.9 Å². The molecule has 2 rings (SSSR count). The first-order valence-corrected chi connectivity index (χ1v) is 4.79. The first-order valence-electron chi connectivity index (χ1n) is 4.79. The average molecular weight is 173 g/mol. The Kier molecular flexibility index (Phi) is 2.46. The fraction of sp³-hybridized carbons (Fsp3) is 0.333. The van der Waals surface area contributed by atoms with Crippen molar-refractivity contribution in [2.75, 3.05) is 13.1 Å². The van der Waals surface area contributed by atoms with Crippen molar-refractivity contribution in [2.45, 2.75) is 13.3 Å². The van der Waals surface area contributed by atoms with Gasteiger partial charge in [0.1, 0.15) is 0 Å². The molecule has 13 heavy (non-hydrogen) atoms. The van der Waals surface area contributed by atoms with Crippen molar-refractivity contribution in [3.8, 4) is 0 Å². The molecule has 0 spiro atoms. The van der Waals surface area contributed by atoms with Crippen LogP contribution in [0.5, 0.6) is 0 Å². The molecule has 0 amide bonds. The van der Waals surface area contributed by atoms with E-state index >= 15 is 0 Å². The normalized spacial score (nSPS) is 15.3. The summed E-state index contributed by atoms with van der Waals surface area (Å²) in [5, 5.41) is 3.24. The van der Waals surface area contributed by atoms with Crippen molar-refractivity contribution in [3.63, 3.8) is 0 Å². The van der Waals surface area contributed by atoms with E-state index in [1.165, 1.54) is 11.1 Å². The van der Waals surface area contributed by atoms with E-state index in [1.807, 2.05) is 0 Å². The van der Waals surface area contributed by atoms with Crippen molar-refractivity contribution in [2.24, 2.45) is 0 Å². The highest BCUT2D eigenvalue weighted by atomic mass is 14.9. The summed E-state index contributed by atoms with van der Waals surface area (Å²) in [6, 6.07) is 8.71. The van der Waals surface area contributed by atoms with Crippen LogP contribution in [0.3, 0.4) is 0 Å². The zero-order chi connectivity index (χ0) is 9.10. The Labute approximate surface area is 79.5 Å². The Morgan fingerprint density at radius 3 is 2.85 bits per heavy atom. The molecule has 0 atom stereocenters. The van der Waals surface area contributed by atoms with Gasteiger partial charge in [0.15, 0.2) is 0 Å². The zero-order valence-electron chi connectivity index (χ0n) is 8.01. The summed E-state index contributed by atoms with van der Waals surface area (Å²) in [7, 11) is 0. The van der Waals surface area contributed by atoms with Gasteiger partial charge in [0.05, 0.1) is 0 Å². The number of rotatable bonds is 2. The van der Waals surface area contributed by atoms with E-state index in [0.29, 0.717) is 0 Å². The van der Waals surface area contributed by atoms with Gasteiger partial charge in [-0.15, -0.1) is 0 Å². The number of allylic oxidation sites excluding steroid dienone is 1. The van der Waals surface area contributed by atoms with Crippen LogP contribution in [-0.2, 0) is 6.42 Å². The lowest BCUT2D eigenvalue weighted by atomic mass is 10.0. The van der Waals surface area contributed by atoms with E-state index in [-0.39, 0.29) is 0 Å². The van der Waals surface area contributed by atoms with Gasteiger partial charge < -0.3 is 5.32 Å². The van der Waals surface area contributed by atoms with Crippen LogP contribution in [-0.4, -0.2) is 13.1 Å². The van der Waals surface area contributed by atoms with Crippen LogP contribution in [0.4, 0.5) is 0 Å². The minimum absolute atomic E-state index is 1.08. The summed E-state index contributed by atoms with van der Waals surface area (Å²) < 4.78 is 0. The molecule has 1 aliphatic rings. The van der Waals surface area contributed by atoms with E-state index in [2.05, 4.69) is 42.6 Å². The number of hydrogen-bond donors (Lipinski definition) is 1. The third-order valence-corrected chi connectivity index (χ3v) is 2.41.